The van der Waals surface area contributed by atoms with E-state index in [-0.39, 0.29) is 0 Å². The highest BCUT2D eigenvalue weighted by Crippen LogP contribution is 2.29. The zero-order chi connectivity index (χ0) is 14.2. The van der Waals surface area contributed by atoms with Crippen molar-refractivity contribution < 1.29 is 25.2 Å². The summed E-state index contributed by atoms with van der Waals surface area (Å²) >= 11 is 0. The number of H-pyrrole nitrogens is 1. The number of hydrogen-bond donors (Lipinski definition) is 5. The molecule has 1 aliphatic rings. The van der Waals surface area contributed by atoms with E-state index in [0.717, 1.165) is 16.8 Å². The molecule has 1 aliphatic heterocycles. The largest absolute Gasteiger partial charge is 0.394 e. The molecular formula is C10H14N2O7. The Labute approximate surface area is 106 Å². The van der Waals surface area contributed by atoms with Gasteiger partial charge in [-0.25, -0.2) is 4.79 Å². The average molecular weight is 274 g/mol. The van der Waals surface area contributed by atoms with Crippen molar-refractivity contribution in [3.63, 3.8) is 0 Å². The van der Waals surface area contributed by atoms with E-state index in [1.807, 2.05) is 4.98 Å². The Morgan fingerprint density at radius 1 is 1.37 bits per heavy atom. The third kappa shape index (κ3) is 2.46. The summed E-state index contributed by atoms with van der Waals surface area (Å²) in [5, 5.41) is 37.7. The van der Waals surface area contributed by atoms with Crippen LogP contribution in [0.1, 0.15) is 6.23 Å². The Bertz CT molecular complexity index is 553. The zero-order valence-electron chi connectivity index (χ0n) is 9.71. The molecule has 0 aliphatic carbocycles. The predicted molar refractivity (Wildman–Crippen MR) is 60.3 cm³/mol. The summed E-state index contributed by atoms with van der Waals surface area (Å²) in [6.07, 6.45) is -5.72. The smallest absolute Gasteiger partial charge is 0.330 e. The van der Waals surface area contributed by atoms with Gasteiger partial charge in [0.05, 0.1) is 6.61 Å². The van der Waals surface area contributed by atoms with Gasteiger partial charge in [0.25, 0.3) is 5.56 Å². The number of aromatic nitrogens is 2. The summed E-state index contributed by atoms with van der Waals surface area (Å²) in [6.45, 7) is -0.665. The van der Waals surface area contributed by atoms with Crippen LogP contribution in [0.3, 0.4) is 0 Å². The molecule has 0 spiro atoms. The maximum atomic E-state index is 11.5. The highest BCUT2D eigenvalue weighted by Gasteiger charge is 2.46. The van der Waals surface area contributed by atoms with Gasteiger partial charge < -0.3 is 25.2 Å². The molecule has 0 radical (unpaired) electrons. The molecule has 106 valence electrons. The Morgan fingerprint density at radius 3 is 2.63 bits per heavy atom. The number of hydrogen-bond acceptors (Lipinski definition) is 7. The number of aliphatic hydroxyl groups excluding tert-OH is 4. The minimum atomic E-state index is -1.48. The molecular weight excluding hydrogens is 260 g/mol. The molecule has 1 fully saturated rings. The second-order valence-electron chi connectivity index (χ2n) is 4.24. The van der Waals surface area contributed by atoms with E-state index < -0.39 is 48.5 Å². The molecule has 2 heterocycles. The molecule has 1 aromatic rings. The summed E-state index contributed by atoms with van der Waals surface area (Å²) in [5.74, 6) is 0. The molecule has 0 saturated carbocycles. The fourth-order valence-electron chi connectivity index (χ4n) is 1.97. The lowest BCUT2D eigenvalue weighted by Crippen LogP contribution is -2.40. The van der Waals surface area contributed by atoms with Crippen molar-refractivity contribution in [3.05, 3.63) is 33.1 Å². The van der Waals surface area contributed by atoms with Crippen molar-refractivity contribution in [1.29, 1.82) is 0 Å². The van der Waals surface area contributed by atoms with Crippen molar-refractivity contribution in [2.24, 2.45) is 0 Å². The predicted octanol–water partition coefficient (Wildman–Crippen LogP) is -3.49. The summed E-state index contributed by atoms with van der Waals surface area (Å²) in [6, 6.07) is 1.06. The van der Waals surface area contributed by atoms with E-state index in [2.05, 4.69) is 0 Å². The lowest BCUT2D eigenvalue weighted by molar-refractivity contribution is -0.0982. The van der Waals surface area contributed by atoms with E-state index >= 15 is 0 Å². The van der Waals surface area contributed by atoms with Crippen molar-refractivity contribution in [3.8, 4) is 0 Å². The van der Waals surface area contributed by atoms with Crippen LogP contribution in [0.25, 0.3) is 0 Å². The summed E-state index contributed by atoms with van der Waals surface area (Å²) < 4.78 is 6.06. The van der Waals surface area contributed by atoms with Gasteiger partial charge in [0, 0.05) is 12.3 Å². The van der Waals surface area contributed by atoms with E-state index in [9.17, 15) is 24.9 Å². The number of nitrogens with zero attached hydrogens (tertiary/aromatic N) is 1. The van der Waals surface area contributed by atoms with Gasteiger partial charge in [0.15, 0.2) is 6.23 Å². The normalized spacial score (nSPS) is 32.4. The number of aliphatic hydroxyl groups is 4. The van der Waals surface area contributed by atoms with Crippen molar-refractivity contribution in [2.45, 2.75) is 30.6 Å². The SMILES string of the molecule is O=c1ccn([C@@H]2O[C@H]([C@H](O)CO)[C@H](O)[C@H]2O)c(=O)[nH]1. The maximum absolute atomic E-state index is 11.5. The van der Waals surface area contributed by atoms with Gasteiger partial charge in [-0.1, -0.05) is 0 Å². The third-order valence-electron chi connectivity index (χ3n) is 2.97. The molecule has 5 N–H and O–H groups in total. The van der Waals surface area contributed by atoms with E-state index in [4.69, 9.17) is 9.84 Å². The van der Waals surface area contributed by atoms with E-state index in [1.54, 1.807) is 0 Å². The number of nitrogens with one attached hydrogen (secondary N) is 1. The molecule has 9 nitrogen and oxygen atoms in total. The number of aromatic amines is 1. The average Bonchev–Trinajstić information content (AvgIpc) is 2.66. The molecule has 1 saturated heterocycles. The number of ether oxygens (including phenoxy) is 1. The van der Waals surface area contributed by atoms with Crippen LogP contribution in [0.4, 0.5) is 0 Å². The van der Waals surface area contributed by atoms with Crippen molar-refractivity contribution in [1.82, 2.24) is 9.55 Å². The minimum absolute atomic E-state index is 0.610. The van der Waals surface area contributed by atoms with Crippen LogP contribution in [0, 0.1) is 0 Å². The fraction of sp³-hybridized carbons (Fsp3) is 0.600. The lowest BCUT2D eigenvalue weighted by atomic mass is 10.1. The van der Waals surface area contributed by atoms with Gasteiger partial charge in [0.1, 0.15) is 24.4 Å². The molecule has 1 aromatic heterocycles. The van der Waals surface area contributed by atoms with Crippen LogP contribution in [-0.2, 0) is 4.74 Å². The summed E-state index contributed by atoms with van der Waals surface area (Å²) in [5.41, 5.74) is -1.43. The lowest BCUT2D eigenvalue weighted by Gasteiger charge is -2.18. The van der Waals surface area contributed by atoms with Gasteiger partial charge >= 0.3 is 5.69 Å². The summed E-state index contributed by atoms with van der Waals surface area (Å²) in [4.78, 5) is 24.5. The quantitative estimate of drug-likeness (QED) is 0.384. The first-order valence-corrected chi connectivity index (χ1v) is 5.57. The second-order valence-corrected chi connectivity index (χ2v) is 4.24. The topological polar surface area (TPSA) is 145 Å². The monoisotopic (exact) mass is 274 g/mol. The van der Waals surface area contributed by atoms with Gasteiger partial charge in [0.2, 0.25) is 0 Å². The molecule has 9 heteroatoms. The molecule has 0 unspecified atom stereocenters. The van der Waals surface area contributed by atoms with Crippen molar-refractivity contribution >= 4 is 0 Å². The van der Waals surface area contributed by atoms with Crippen LogP contribution in [0.15, 0.2) is 21.9 Å². The Balaban J connectivity index is 2.31. The van der Waals surface area contributed by atoms with Crippen molar-refractivity contribution in [2.75, 3.05) is 6.61 Å². The van der Waals surface area contributed by atoms with Gasteiger partial charge in [-0.2, -0.15) is 0 Å². The van der Waals surface area contributed by atoms with Gasteiger partial charge in [-0.05, 0) is 0 Å². The molecule has 19 heavy (non-hydrogen) atoms. The van der Waals surface area contributed by atoms with Crippen LogP contribution in [0.2, 0.25) is 0 Å². The Morgan fingerprint density at radius 2 is 2.05 bits per heavy atom. The first-order valence-electron chi connectivity index (χ1n) is 5.57. The molecule has 0 amide bonds. The maximum Gasteiger partial charge on any atom is 0.330 e. The first-order chi connectivity index (χ1) is 8.95. The Kier molecular flexibility index (Phi) is 3.83. The zero-order valence-corrected chi connectivity index (χ0v) is 9.71. The fourth-order valence-corrected chi connectivity index (χ4v) is 1.97. The Hall–Kier alpha value is -1.52. The standard InChI is InChI=1S/C10H14N2O7/c13-3-4(14)8-6(16)7(17)9(19-8)12-2-1-5(15)11-10(12)18/h1-2,4,6-9,13-14,16-17H,3H2,(H,11,15,18)/t4-,6-,7-,8-,9-/m1/s1. The molecule has 0 aromatic carbocycles. The van der Waals surface area contributed by atoms with Crippen LogP contribution < -0.4 is 11.2 Å². The highest BCUT2D eigenvalue weighted by molar-refractivity contribution is 4.95. The number of rotatable bonds is 3. The molecule has 0 bridgehead atoms. The minimum Gasteiger partial charge on any atom is -0.394 e. The van der Waals surface area contributed by atoms with E-state index in [0.29, 0.717) is 0 Å². The summed E-state index contributed by atoms with van der Waals surface area (Å²) in [7, 11) is 0. The first kappa shape index (κ1) is 13.9. The molecule has 5 atom stereocenters. The second kappa shape index (κ2) is 5.23. The van der Waals surface area contributed by atoms with Crippen LogP contribution >= 0.6 is 0 Å². The van der Waals surface area contributed by atoms with E-state index in [1.165, 1.54) is 0 Å². The van der Waals surface area contributed by atoms with Gasteiger partial charge in [-0.15, -0.1) is 0 Å². The van der Waals surface area contributed by atoms with Gasteiger partial charge in [-0.3, -0.25) is 14.3 Å². The van der Waals surface area contributed by atoms with Crippen LogP contribution in [-0.4, -0.2) is 61.0 Å². The molecule has 2 rings (SSSR count). The highest BCUT2D eigenvalue weighted by atomic mass is 16.6. The third-order valence-corrected chi connectivity index (χ3v) is 2.97. The van der Waals surface area contributed by atoms with Crippen LogP contribution in [0.5, 0.6) is 0 Å².